The second kappa shape index (κ2) is 8.63. The van der Waals surface area contributed by atoms with E-state index in [0.29, 0.717) is 24.9 Å². The summed E-state index contributed by atoms with van der Waals surface area (Å²) in [5, 5.41) is 2.99. The molecule has 0 bridgehead atoms. The molecular weight excluding hydrogens is 250 g/mol. The normalized spacial score (nSPS) is 18.2. The summed E-state index contributed by atoms with van der Waals surface area (Å²) in [7, 11) is 0. The molecular formula is C16H33N3O. The van der Waals surface area contributed by atoms with Gasteiger partial charge >= 0.3 is 0 Å². The molecule has 0 aromatic carbocycles. The molecule has 4 heteroatoms. The standard InChI is InChI=1S/C16H33N3O/c1-12(2)11-19(14-7-5-6-8-14)15(10-17)9-16(20)18-13(3)4/h12-15H,5-11,17H2,1-4H3,(H,18,20). The summed E-state index contributed by atoms with van der Waals surface area (Å²) in [6.45, 7) is 10.1. The van der Waals surface area contributed by atoms with Crippen LogP contribution in [0.5, 0.6) is 0 Å². The molecule has 0 aromatic heterocycles. The topological polar surface area (TPSA) is 58.4 Å². The zero-order valence-electron chi connectivity index (χ0n) is 13.7. The SMILES string of the molecule is CC(C)CN(C1CCCC1)C(CN)CC(=O)NC(C)C. The zero-order chi connectivity index (χ0) is 15.1. The molecule has 0 aromatic rings. The van der Waals surface area contributed by atoms with Crippen LogP contribution in [0, 0.1) is 5.92 Å². The first kappa shape index (κ1) is 17.4. The van der Waals surface area contributed by atoms with Crippen molar-refractivity contribution >= 4 is 5.91 Å². The van der Waals surface area contributed by atoms with Crippen molar-refractivity contribution in [2.45, 2.75) is 77.9 Å². The molecule has 4 nitrogen and oxygen atoms in total. The Morgan fingerprint density at radius 2 is 1.85 bits per heavy atom. The second-order valence-corrected chi connectivity index (χ2v) is 6.84. The Bertz CT molecular complexity index is 285. The van der Waals surface area contributed by atoms with Gasteiger partial charge in [-0.1, -0.05) is 26.7 Å². The van der Waals surface area contributed by atoms with Crippen LogP contribution in [0.4, 0.5) is 0 Å². The molecule has 0 radical (unpaired) electrons. The number of nitrogens with two attached hydrogens (primary N) is 1. The number of carbonyl (C=O) groups is 1. The van der Waals surface area contributed by atoms with E-state index in [0.717, 1.165) is 6.54 Å². The Morgan fingerprint density at radius 1 is 1.25 bits per heavy atom. The third-order valence-corrected chi connectivity index (χ3v) is 3.98. The van der Waals surface area contributed by atoms with E-state index < -0.39 is 0 Å². The highest BCUT2D eigenvalue weighted by molar-refractivity contribution is 5.76. The van der Waals surface area contributed by atoms with Gasteiger partial charge in [0.05, 0.1) is 0 Å². The van der Waals surface area contributed by atoms with Crippen LogP contribution in [0.15, 0.2) is 0 Å². The first-order chi connectivity index (χ1) is 9.43. The van der Waals surface area contributed by atoms with Crippen LogP contribution in [0.2, 0.25) is 0 Å². The average molecular weight is 283 g/mol. The Balaban J connectivity index is 2.66. The molecule has 20 heavy (non-hydrogen) atoms. The van der Waals surface area contributed by atoms with Gasteiger partial charge < -0.3 is 11.1 Å². The van der Waals surface area contributed by atoms with Crippen molar-refractivity contribution in [3.05, 3.63) is 0 Å². The number of amides is 1. The maximum absolute atomic E-state index is 12.0. The predicted octanol–water partition coefficient (Wildman–Crippen LogP) is 2.13. The van der Waals surface area contributed by atoms with Crippen molar-refractivity contribution in [1.82, 2.24) is 10.2 Å². The second-order valence-electron chi connectivity index (χ2n) is 6.84. The van der Waals surface area contributed by atoms with Crippen LogP contribution in [0.25, 0.3) is 0 Å². The van der Waals surface area contributed by atoms with Gasteiger partial charge in [0.2, 0.25) is 5.91 Å². The molecule has 0 heterocycles. The number of carbonyl (C=O) groups excluding carboxylic acids is 1. The summed E-state index contributed by atoms with van der Waals surface area (Å²) in [6, 6.07) is 1.00. The highest BCUT2D eigenvalue weighted by Crippen LogP contribution is 2.26. The van der Waals surface area contributed by atoms with Crippen molar-refractivity contribution in [2.75, 3.05) is 13.1 Å². The minimum absolute atomic E-state index is 0.127. The lowest BCUT2D eigenvalue weighted by molar-refractivity contribution is -0.123. The van der Waals surface area contributed by atoms with Gasteiger partial charge in [-0.05, 0) is 32.6 Å². The Labute approximate surface area is 124 Å². The number of hydrogen-bond donors (Lipinski definition) is 2. The molecule has 1 aliphatic carbocycles. The molecule has 1 atom stereocenters. The van der Waals surface area contributed by atoms with Gasteiger partial charge in [-0.2, -0.15) is 0 Å². The van der Waals surface area contributed by atoms with Crippen molar-refractivity contribution < 1.29 is 4.79 Å². The van der Waals surface area contributed by atoms with Crippen molar-refractivity contribution in [2.24, 2.45) is 11.7 Å². The molecule has 118 valence electrons. The molecule has 1 unspecified atom stereocenters. The number of hydrogen-bond acceptors (Lipinski definition) is 3. The fraction of sp³-hybridized carbons (Fsp3) is 0.938. The first-order valence-electron chi connectivity index (χ1n) is 8.19. The van der Waals surface area contributed by atoms with Crippen molar-refractivity contribution in [3.63, 3.8) is 0 Å². The van der Waals surface area contributed by atoms with Crippen LogP contribution in [-0.2, 0) is 4.79 Å². The predicted molar refractivity (Wildman–Crippen MR) is 84.5 cm³/mol. The lowest BCUT2D eigenvalue weighted by Gasteiger charge is -2.37. The molecule has 3 N–H and O–H groups in total. The minimum Gasteiger partial charge on any atom is -0.354 e. The molecule has 0 spiro atoms. The summed E-state index contributed by atoms with van der Waals surface area (Å²) in [5.74, 6) is 0.736. The van der Waals surface area contributed by atoms with Crippen LogP contribution in [0.3, 0.4) is 0 Å². The average Bonchev–Trinajstić information content (AvgIpc) is 2.85. The first-order valence-corrected chi connectivity index (χ1v) is 8.19. The van der Waals surface area contributed by atoms with E-state index in [2.05, 4.69) is 24.1 Å². The molecule has 1 rings (SSSR count). The van der Waals surface area contributed by atoms with E-state index in [1.807, 2.05) is 13.8 Å². The summed E-state index contributed by atoms with van der Waals surface area (Å²) in [5.41, 5.74) is 5.97. The van der Waals surface area contributed by atoms with E-state index in [9.17, 15) is 4.79 Å². The minimum atomic E-state index is 0.127. The fourth-order valence-electron chi connectivity index (χ4n) is 3.18. The molecule has 1 saturated carbocycles. The van der Waals surface area contributed by atoms with Crippen molar-refractivity contribution in [1.29, 1.82) is 0 Å². The summed E-state index contributed by atoms with van der Waals surface area (Å²) in [4.78, 5) is 14.5. The van der Waals surface area contributed by atoms with Gasteiger partial charge in [0, 0.05) is 37.6 Å². The molecule has 0 saturated heterocycles. The smallest absolute Gasteiger partial charge is 0.221 e. The van der Waals surface area contributed by atoms with E-state index >= 15 is 0 Å². The molecule has 1 aliphatic rings. The van der Waals surface area contributed by atoms with E-state index in [-0.39, 0.29) is 18.0 Å². The Morgan fingerprint density at radius 3 is 2.30 bits per heavy atom. The van der Waals surface area contributed by atoms with Gasteiger partial charge in [-0.3, -0.25) is 9.69 Å². The summed E-state index contributed by atoms with van der Waals surface area (Å²) in [6.07, 6.45) is 5.67. The van der Waals surface area contributed by atoms with E-state index in [1.165, 1.54) is 25.7 Å². The highest BCUT2D eigenvalue weighted by Gasteiger charge is 2.29. The van der Waals surface area contributed by atoms with E-state index in [1.54, 1.807) is 0 Å². The largest absolute Gasteiger partial charge is 0.354 e. The van der Waals surface area contributed by atoms with Gasteiger partial charge in [-0.25, -0.2) is 0 Å². The molecule has 0 aliphatic heterocycles. The Hall–Kier alpha value is -0.610. The maximum Gasteiger partial charge on any atom is 0.221 e. The van der Waals surface area contributed by atoms with Crippen LogP contribution >= 0.6 is 0 Å². The number of nitrogens with zero attached hydrogens (tertiary/aromatic N) is 1. The zero-order valence-corrected chi connectivity index (χ0v) is 13.7. The van der Waals surface area contributed by atoms with Crippen LogP contribution in [-0.4, -0.2) is 42.0 Å². The Kier molecular flexibility index (Phi) is 7.52. The summed E-state index contributed by atoms with van der Waals surface area (Å²) < 4.78 is 0. The van der Waals surface area contributed by atoms with Gasteiger partial charge in [0.15, 0.2) is 0 Å². The lowest BCUT2D eigenvalue weighted by Crippen LogP contribution is -2.50. The van der Waals surface area contributed by atoms with Gasteiger partial charge in [0.1, 0.15) is 0 Å². The van der Waals surface area contributed by atoms with Crippen LogP contribution in [0.1, 0.15) is 59.8 Å². The lowest BCUT2D eigenvalue weighted by atomic mass is 10.0. The number of nitrogens with one attached hydrogen (secondary N) is 1. The summed E-state index contributed by atoms with van der Waals surface area (Å²) >= 11 is 0. The van der Waals surface area contributed by atoms with E-state index in [4.69, 9.17) is 5.73 Å². The quantitative estimate of drug-likeness (QED) is 0.717. The highest BCUT2D eigenvalue weighted by atomic mass is 16.1. The van der Waals surface area contributed by atoms with Gasteiger partial charge in [0.25, 0.3) is 0 Å². The molecule has 1 amide bonds. The number of rotatable bonds is 8. The monoisotopic (exact) mass is 283 g/mol. The third-order valence-electron chi connectivity index (χ3n) is 3.98. The molecule has 1 fully saturated rings. The van der Waals surface area contributed by atoms with Crippen molar-refractivity contribution in [3.8, 4) is 0 Å². The fourth-order valence-corrected chi connectivity index (χ4v) is 3.18. The maximum atomic E-state index is 12.0. The van der Waals surface area contributed by atoms with Gasteiger partial charge in [-0.15, -0.1) is 0 Å². The third kappa shape index (κ3) is 5.80. The van der Waals surface area contributed by atoms with Crippen LogP contribution < -0.4 is 11.1 Å².